The highest BCUT2D eigenvalue weighted by atomic mass is 35.5. The smallest absolute Gasteiger partial charge is 0.272 e. The summed E-state index contributed by atoms with van der Waals surface area (Å²) in [5.41, 5.74) is 8.44. The van der Waals surface area contributed by atoms with Crippen molar-refractivity contribution < 1.29 is 14.3 Å². The third-order valence-electron chi connectivity index (χ3n) is 5.94. The van der Waals surface area contributed by atoms with E-state index in [0.29, 0.717) is 33.6 Å². The second kappa shape index (κ2) is 9.39. The quantitative estimate of drug-likeness (QED) is 0.259. The van der Waals surface area contributed by atoms with Gasteiger partial charge in [-0.1, -0.05) is 61.3 Å². The van der Waals surface area contributed by atoms with Gasteiger partial charge in [-0.05, 0) is 42.7 Å². The van der Waals surface area contributed by atoms with E-state index >= 15 is 0 Å². The molecule has 0 atom stereocenters. The van der Waals surface area contributed by atoms with Crippen molar-refractivity contribution in [3.05, 3.63) is 87.9 Å². The van der Waals surface area contributed by atoms with Crippen LogP contribution in [0.2, 0.25) is 5.02 Å². The first kappa shape index (κ1) is 22.9. The molecule has 3 aromatic carbocycles. The Balaban J connectivity index is 1.47. The van der Waals surface area contributed by atoms with Crippen LogP contribution in [0.15, 0.2) is 65.8 Å². The van der Waals surface area contributed by atoms with Gasteiger partial charge in [0.1, 0.15) is 0 Å². The molecule has 1 aliphatic rings. The number of benzene rings is 3. The van der Waals surface area contributed by atoms with Crippen LogP contribution in [0.5, 0.6) is 11.5 Å². The largest absolute Gasteiger partial charge is 0.454 e. The minimum absolute atomic E-state index is 0.153. The summed E-state index contributed by atoms with van der Waals surface area (Å²) in [6.07, 6.45) is 1.49. The second-order valence-corrected chi connectivity index (χ2v) is 9.19. The molecular weight excluding hydrogens is 462 g/mol. The van der Waals surface area contributed by atoms with E-state index in [9.17, 15) is 4.79 Å². The number of halogens is 1. The Morgan fingerprint density at radius 2 is 1.80 bits per heavy atom. The number of rotatable bonds is 5. The number of aromatic nitrogens is 1. The molecule has 0 saturated carbocycles. The lowest BCUT2D eigenvalue weighted by atomic mass is 9.99. The van der Waals surface area contributed by atoms with Crippen molar-refractivity contribution in [2.24, 2.45) is 5.10 Å². The van der Waals surface area contributed by atoms with Crippen LogP contribution in [-0.2, 0) is 0 Å². The predicted molar refractivity (Wildman–Crippen MR) is 139 cm³/mol. The number of amides is 1. The van der Waals surface area contributed by atoms with Crippen LogP contribution in [0, 0.1) is 6.92 Å². The summed E-state index contributed by atoms with van der Waals surface area (Å²) >= 11 is 6.31. The van der Waals surface area contributed by atoms with Crippen molar-refractivity contribution in [2.75, 3.05) is 6.79 Å². The summed E-state index contributed by atoms with van der Waals surface area (Å²) in [6.45, 7) is 6.45. The van der Waals surface area contributed by atoms with E-state index in [1.807, 2.05) is 43.3 Å². The zero-order chi connectivity index (χ0) is 24.5. The maximum atomic E-state index is 13.2. The third-order valence-corrected chi connectivity index (χ3v) is 6.27. The van der Waals surface area contributed by atoms with Gasteiger partial charge in [0.05, 0.1) is 28.0 Å². The number of aryl methyl sites for hydroxylation is 1. The number of pyridine rings is 1. The van der Waals surface area contributed by atoms with E-state index in [1.165, 1.54) is 11.8 Å². The first-order valence-electron chi connectivity index (χ1n) is 11.3. The number of carbonyl (C=O) groups is 1. The molecule has 1 N–H and O–H groups in total. The molecule has 5 rings (SSSR count). The zero-order valence-corrected chi connectivity index (χ0v) is 20.4. The van der Waals surface area contributed by atoms with Crippen LogP contribution in [0.4, 0.5) is 0 Å². The van der Waals surface area contributed by atoms with Gasteiger partial charge in [-0.3, -0.25) is 4.79 Å². The van der Waals surface area contributed by atoms with Crippen molar-refractivity contribution in [2.45, 2.75) is 26.7 Å². The molecular formula is C28H24ClN3O3. The summed E-state index contributed by atoms with van der Waals surface area (Å²) in [5, 5.41) is 5.35. The van der Waals surface area contributed by atoms with Gasteiger partial charge in [-0.15, -0.1) is 0 Å². The van der Waals surface area contributed by atoms with Crippen LogP contribution >= 0.6 is 11.6 Å². The first-order chi connectivity index (χ1) is 16.9. The van der Waals surface area contributed by atoms with Crippen LogP contribution in [0.1, 0.15) is 46.8 Å². The fourth-order valence-corrected chi connectivity index (χ4v) is 4.17. The Kier molecular flexibility index (Phi) is 6.14. The normalized spacial score (nSPS) is 12.6. The van der Waals surface area contributed by atoms with Gasteiger partial charge in [-0.2, -0.15) is 5.10 Å². The molecule has 0 fully saturated rings. The number of fused-ring (bicyclic) bond motifs is 2. The Bertz CT molecular complexity index is 1460. The Morgan fingerprint density at radius 3 is 2.54 bits per heavy atom. The Hall–Kier alpha value is -3.90. The first-order valence-corrected chi connectivity index (χ1v) is 11.7. The average Bonchev–Trinajstić information content (AvgIpc) is 3.30. The molecule has 1 aliphatic heterocycles. The molecule has 4 aromatic rings. The zero-order valence-electron chi connectivity index (χ0n) is 19.6. The summed E-state index contributed by atoms with van der Waals surface area (Å²) in [7, 11) is 0. The van der Waals surface area contributed by atoms with Gasteiger partial charge < -0.3 is 9.47 Å². The highest BCUT2D eigenvalue weighted by molar-refractivity contribution is 6.33. The predicted octanol–water partition coefficient (Wildman–Crippen LogP) is 6.48. The number of nitrogens with zero attached hydrogens (tertiary/aromatic N) is 2. The molecule has 0 radical (unpaired) electrons. The third kappa shape index (κ3) is 4.70. The van der Waals surface area contributed by atoms with Crippen molar-refractivity contribution in [3.8, 4) is 22.8 Å². The van der Waals surface area contributed by atoms with Crippen molar-refractivity contribution in [1.29, 1.82) is 0 Å². The maximum absolute atomic E-state index is 13.2. The van der Waals surface area contributed by atoms with Gasteiger partial charge in [0.15, 0.2) is 11.5 Å². The summed E-state index contributed by atoms with van der Waals surface area (Å²) in [6, 6.07) is 19.4. The van der Waals surface area contributed by atoms with Gasteiger partial charge in [0.25, 0.3) is 5.91 Å². The van der Waals surface area contributed by atoms with Gasteiger partial charge >= 0.3 is 0 Å². The van der Waals surface area contributed by atoms with Crippen LogP contribution in [-0.4, -0.2) is 23.9 Å². The molecule has 0 bridgehead atoms. The van der Waals surface area contributed by atoms with E-state index in [-0.39, 0.29) is 12.7 Å². The van der Waals surface area contributed by atoms with Gasteiger partial charge in [0.2, 0.25) is 6.79 Å². The lowest BCUT2D eigenvalue weighted by Gasteiger charge is -2.11. The van der Waals surface area contributed by atoms with Gasteiger partial charge in [0, 0.05) is 22.6 Å². The standard InChI is InChI=1S/C28H24ClN3O3/c1-16(2)18-5-7-19(8-6-18)25-12-22(21-10-17(3)4-9-24(21)31-25)28(33)32-30-14-20-11-26-27(13-23(20)29)35-15-34-26/h4-14,16H,15H2,1-3H3,(H,32,33)/b30-14-. The topological polar surface area (TPSA) is 72.8 Å². The molecule has 0 spiro atoms. The van der Waals surface area contributed by atoms with Crippen LogP contribution in [0.25, 0.3) is 22.2 Å². The maximum Gasteiger partial charge on any atom is 0.272 e. The lowest BCUT2D eigenvalue weighted by Crippen LogP contribution is -2.18. The highest BCUT2D eigenvalue weighted by Gasteiger charge is 2.17. The summed E-state index contributed by atoms with van der Waals surface area (Å²) < 4.78 is 10.7. The van der Waals surface area contributed by atoms with E-state index in [4.69, 9.17) is 26.1 Å². The average molecular weight is 486 g/mol. The number of carbonyl (C=O) groups excluding carboxylic acids is 1. The highest BCUT2D eigenvalue weighted by Crippen LogP contribution is 2.36. The van der Waals surface area contributed by atoms with E-state index in [1.54, 1.807) is 12.1 Å². The summed E-state index contributed by atoms with van der Waals surface area (Å²) in [4.78, 5) is 18.0. The Labute approximate surface area is 208 Å². The second-order valence-electron chi connectivity index (χ2n) is 8.78. The van der Waals surface area contributed by atoms with E-state index in [2.05, 4.69) is 36.5 Å². The fourth-order valence-electron chi connectivity index (χ4n) is 3.97. The lowest BCUT2D eigenvalue weighted by molar-refractivity contribution is 0.0956. The van der Waals surface area contributed by atoms with E-state index in [0.717, 1.165) is 27.7 Å². The molecule has 6 nitrogen and oxygen atoms in total. The van der Waals surface area contributed by atoms with Crippen LogP contribution < -0.4 is 14.9 Å². The number of nitrogens with one attached hydrogen (secondary N) is 1. The SMILES string of the molecule is Cc1ccc2nc(-c3ccc(C(C)C)cc3)cc(C(=O)N/N=C\c3cc4c(cc3Cl)OCO4)c2c1. The number of ether oxygens (including phenoxy) is 2. The minimum atomic E-state index is -0.337. The monoisotopic (exact) mass is 485 g/mol. The molecule has 0 saturated heterocycles. The van der Waals surface area contributed by atoms with Crippen molar-refractivity contribution in [3.63, 3.8) is 0 Å². The van der Waals surface area contributed by atoms with Crippen LogP contribution in [0.3, 0.4) is 0 Å². The molecule has 1 aromatic heterocycles. The number of hydrogen-bond acceptors (Lipinski definition) is 5. The molecule has 35 heavy (non-hydrogen) atoms. The molecule has 176 valence electrons. The van der Waals surface area contributed by atoms with Crippen molar-refractivity contribution >= 4 is 34.6 Å². The molecule has 2 heterocycles. The van der Waals surface area contributed by atoms with Gasteiger partial charge in [-0.25, -0.2) is 10.4 Å². The molecule has 0 aliphatic carbocycles. The number of hydrogen-bond donors (Lipinski definition) is 1. The summed E-state index contributed by atoms with van der Waals surface area (Å²) in [5.74, 6) is 1.28. The molecule has 0 unspecified atom stereocenters. The van der Waals surface area contributed by atoms with Crippen molar-refractivity contribution in [1.82, 2.24) is 10.4 Å². The fraction of sp³-hybridized carbons (Fsp3) is 0.179. The minimum Gasteiger partial charge on any atom is -0.454 e. The number of hydrazone groups is 1. The molecule has 1 amide bonds. The Morgan fingerprint density at radius 1 is 1.06 bits per heavy atom. The molecule has 7 heteroatoms. The van der Waals surface area contributed by atoms with E-state index < -0.39 is 0 Å².